The maximum Gasteiger partial charge on any atom is 1.00 e. The molecule has 0 spiro atoms. The van der Waals surface area contributed by atoms with E-state index >= 15 is 0 Å². The van der Waals surface area contributed by atoms with Gasteiger partial charge in [-0.25, -0.2) is 0 Å². The van der Waals surface area contributed by atoms with Gasteiger partial charge >= 0.3 is 58.2 Å². The largest absolute Gasteiger partial charge is 1.00 e. The molecule has 2 N–H and O–H groups in total. The number of rotatable bonds is 6. The minimum atomic E-state index is -0.231. The molecule has 0 aromatic carbocycles. The van der Waals surface area contributed by atoms with Crippen LogP contribution in [-0.2, 0) is 4.79 Å². The second kappa shape index (κ2) is 16.1. The van der Waals surface area contributed by atoms with Crippen molar-refractivity contribution in [1.82, 2.24) is 0 Å². The summed E-state index contributed by atoms with van der Waals surface area (Å²) in [6.07, 6.45) is 14.9. The third kappa shape index (κ3) is 7.48. The molecule has 35 heavy (non-hydrogen) atoms. The molecule has 4 aliphatic rings. The number of unbranched alkanes of at least 4 members (excludes halogenated alkanes) is 1. The first-order chi connectivity index (χ1) is 16.2. The van der Waals surface area contributed by atoms with Gasteiger partial charge in [0.25, 0.3) is 0 Å². The zero-order chi connectivity index (χ0) is 25.5. The molecule has 0 bridgehead atoms. The fraction of sp³-hybridized carbons (Fsp3) is 0.933. The molecular formula is C30H55O3RbS. The van der Waals surface area contributed by atoms with Gasteiger partial charge in [-0.05, 0) is 73.4 Å². The van der Waals surface area contributed by atoms with Gasteiger partial charge in [0.2, 0.25) is 0 Å². The molecule has 0 amide bonds. The van der Waals surface area contributed by atoms with E-state index in [4.69, 9.17) is 0 Å². The number of hydrogen-bond acceptors (Lipinski definition) is 4. The quantitative estimate of drug-likeness (QED) is 0.251. The third-order valence-electron chi connectivity index (χ3n) is 10.5. The Morgan fingerprint density at radius 3 is 2.37 bits per heavy atom. The molecule has 0 saturated heterocycles. The second-order valence-corrected chi connectivity index (χ2v) is 12.4. The number of carbonyl (C=O) groups excluding carboxylic acids is 1. The van der Waals surface area contributed by atoms with E-state index < -0.39 is 0 Å². The summed E-state index contributed by atoms with van der Waals surface area (Å²) in [6.45, 7) is 13.3. The van der Waals surface area contributed by atoms with E-state index in [1.54, 1.807) is 0 Å². The van der Waals surface area contributed by atoms with Crippen molar-refractivity contribution in [3.8, 4) is 0 Å². The van der Waals surface area contributed by atoms with E-state index in [2.05, 4.69) is 46.7 Å². The van der Waals surface area contributed by atoms with Crippen LogP contribution in [0.25, 0.3) is 0 Å². The van der Waals surface area contributed by atoms with E-state index in [-0.39, 0.29) is 81.2 Å². The number of thiol groups is 1. The molecule has 0 aliphatic heterocycles. The molecular weight excluding hydrogens is 526 g/mol. The molecule has 0 aromatic heterocycles. The summed E-state index contributed by atoms with van der Waals surface area (Å²) in [5.74, 6) is 4.44. The van der Waals surface area contributed by atoms with E-state index in [0.29, 0.717) is 41.9 Å². The summed E-state index contributed by atoms with van der Waals surface area (Å²) in [4.78, 5) is 10.9. The molecule has 0 heterocycles. The first-order valence-corrected chi connectivity index (χ1v) is 15.1. The predicted molar refractivity (Wildman–Crippen MR) is 147 cm³/mol. The molecule has 200 valence electrons. The Morgan fingerprint density at radius 2 is 1.80 bits per heavy atom. The van der Waals surface area contributed by atoms with Crippen LogP contribution in [0.1, 0.15) is 112 Å². The Morgan fingerprint density at radius 1 is 1.11 bits per heavy atom. The first-order valence-electron chi connectivity index (χ1n) is 14.5. The number of aliphatic hydroxyl groups excluding tert-OH is 2. The molecule has 4 saturated carbocycles. The number of hydrogen-bond donors (Lipinski definition) is 3. The minimum absolute atomic E-state index is 0. The summed E-state index contributed by atoms with van der Waals surface area (Å²) in [5, 5.41) is 21.6. The zero-order valence-electron chi connectivity index (χ0n) is 24.0. The van der Waals surface area contributed by atoms with Gasteiger partial charge < -0.3 is 21.4 Å². The SMILES string of the molecule is CC.CC(CCC=O)C1CCC2C3[CH-]CC4CC(O)CCC4(C)C3CC(O)C12C.CCCCS.[Rb+]. The number of fused-ring (bicyclic) bond motifs is 5. The summed E-state index contributed by atoms with van der Waals surface area (Å²) in [7, 11) is 0. The van der Waals surface area contributed by atoms with Gasteiger partial charge in [-0.15, -0.1) is 0 Å². The zero-order valence-corrected chi connectivity index (χ0v) is 29.8. The molecule has 0 radical (unpaired) electrons. The average molecular weight is 581 g/mol. The number of aliphatic hydroxyl groups is 2. The predicted octanol–water partition coefficient (Wildman–Crippen LogP) is 4.15. The van der Waals surface area contributed by atoms with Crippen LogP contribution >= 0.6 is 12.6 Å². The average Bonchev–Trinajstić information content (AvgIpc) is 3.20. The maximum atomic E-state index is 11.4. The van der Waals surface area contributed by atoms with Crippen LogP contribution < -0.4 is 58.2 Å². The summed E-state index contributed by atoms with van der Waals surface area (Å²) < 4.78 is 0. The smallest absolute Gasteiger partial charge is 0.393 e. The molecule has 10 atom stereocenters. The molecule has 10 unspecified atom stereocenters. The van der Waals surface area contributed by atoms with Gasteiger partial charge in [0.05, 0.1) is 12.2 Å². The normalized spacial score (nSPS) is 42.4. The number of carbonyl (C=O) groups is 1. The Balaban J connectivity index is 0.000000685. The summed E-state index contributed by atoms with van der Waals surface area (Å²) in [6, 6.07) is 0. The van der Waals surface area contributed by atoms with Crippen LogP contribution in [0.2, 0.25) is 0 Å². The van der Waals surface area contributed by atoms with Gasteiger partial charge in [0, 0.05) is 6.42 Å². The van der Waals surface area contributed by atoms with Crippen LogP contribution in [0.5, 0.6) is 0 Å². The van der Waals surface area contributed by atoms with Crippen LogP contribution in [0.4, 0.5) is 0 Å². The summed E-state index contributed by atoms with van der Waals surface area (Å²) in [5.41, 5.74) is 0.277. The fourth-order valence-electron chi connectivity index (χ4n) is 8.49. The molecule has 5 heteroatoms. The van der Waals surface area contributed by atoms with Gasteiger partial charge in [0.1, 0.15) is 6.29 Å². The first kappa shape index (κ1) is 34.8. The van der Waals surface area contributed by atoms with Crippen molar-refractivity contribution in [1.29, 1.82) is 0 Å². The fourth-order valence-corrected chi connectivity index (χ4v) is 8.80. The van der Waals surface area contributed by atoms with Crippen molar-refractivity contribution < 1.29 is 73.2 Å². The van der Waals surface area contributed by atoms with E-state index in [1.165, 1.54) is 25.7 Å². The van der Waals surface area contributed by atoms with E-state index in [1.807, 2.05) is 13.8 Å². The van der Waals surface area contributed by atoms with Crippen LogP contribution in [-0.4, -0.2) is 34.5 Å². The van der Waals surface area contributed by atoms with Crippen LogP contribution in [0.3, 0.4) is 0 Å². The molecule has 4 aliphatic carbocycles. The van der Waals surface area contributed by atoms with Crippen molar-refractivity contribution in [2.75, 3.05) is 5.75 Å². The number of aldehydes is 1. The van der Waals surface area contributed by atoms with Crippen LogP contribution in [0, 0.1) is 52.8 Å². The monoisotopic (exact) mass is 580 g/mol. The standard InChI is InChI=1S/C24H39O3.C4H10S.C2H6.Rb/c1-15(5-4-12-25)19-8-9-20-18-7-6-16-13-17(26)10-11-23(16,2)21(18)14-22(27)24(19,20)3;1-2-3-4-5;1-2;/h7,12,15-22,26-27H,4-6,8-11,13-14H2,1-3H3;5H,2-4H2,1H3;1-2H3;/q-1;;;+1. The van der Waals surface area contributed by atoms with Gasteiger partial charge in [-0.3, -0.25) is 0 Å². The maximum absolute atomic E-state index is 11.4. The van der Waals surface area contributed by atoms with Crippen molar-refractivity contribution >= 4 is 18.9 Å². The summed E-state index contributed by atoms with van der Waals surface area (Å²) >= 11 is 4.00. The third-order valence-corrected chi connectivity index (χ3v) is 10.8. The molecule has 3 nitrogen and oxygen atoms in total. The van der Waals surface area contributed by atoms with Gasteiger partial charge in [0.15, 0.2) is 0 Å². The molecule has 0 aromatic rings. The van der Waals surface area contributed by atoms with Crippen LogP contribution in [0.15, 0.2) is 0 Å². The minimum Gasteiger partial charge on any atom is -0.393 e. The Hall–Kier alpha value is 1.75. The topological polar surface area (TPSA) is 57.5 Å². The van der Waals surface area contributed by atoms with Crippen molar-refractivity contribution in [2.45, 2.75) is 124 Å². The van der Waals surface area contributed by atoms with E-state index in [9.17, 15) is 15.0 Å². The Bertz CT molecular complexity index is 616. The van der Waals surface area contributed by atoms with Gasteiger partial charge in [-0.2, -0.15) is 25.0 Å². The molecule has 4 fully saturated rings. The van der Waals surface area contributed by atoms with Gasteiger partial charge in [-0.1, -0.05) is 72.1 Å². The molecule has 4 rings (SSSR count). The van der Waals surface area contributed by atoms with Crippen molar-refractivity contribution in [3.63, 3.8) is 0 Å². The Labute approximate surface area is 272 Å². The van der Waals surface area contributed by atoms with Crippen molar-refractivity contribution in [3.05, 3.63) is 6.42 Å². The Kier molecular flexibility index (Phi) is 16.0. The van der Waals surface area contributed by atoms with Crippen molar-refractivity contribution in [2.24, 2.45) is 46.3 Å². The van der Waals surface area contributed by atoms with E-state index in [0.717, 1.165) is 50.6 Å². The second-order valence-electron chi connectivity index (χ2n) is 12.0.